The summed E-state index contributed by atoms with van der Waals surface area (Å²) in [6, 6.07) is 9.44. The third-order valence-electron chi connectivity index (χ3n) is 3.23. The Hall–Kier alpha value is -1.88. The predicted octanol–water partition coefficient (Wildman–Crippen LogP) is 3.02. The highest BCUT2D eigenvalue weighted by molar-refractivity contribution is 7.90. The third kappa shape index (κ3) is 4.04. The Bertz CT molecular complexity index is 748. The second-order valence-electron chi connectivity index (χ2n) is 5.36. The molecule has 112 valence electrons. The lowest BCUT2D eigenvalue weighted by Crippen LogP contribution is -2.04. The van der Waals surface area contributed by atoms with Gasteiger partial charge in [-0.25, -0.2) is 8.42 Å². The van der Waals surface area contributed by atoms with Gasteiger partial charge in [0, 0.05) is 29.9 Å². The molecular formula is C16H20N2O2S. The van der Waals surface area contributed by atoms with Crippen LogP contribution in [0.2, 0.25) is 0 Å². The van der Waals surface area contributed by atoms with Crippen molar-refractivity contribution in [3.63, 3.8) is 0 Å². The van der Waals surface area contributed by atoms with Crippen molar-refractivity contribution in [1.82, 2.24) is 4.98 Å². The number of hydrogen-bond acceptors (Lipinski definition) is 4. The molecule has 0 amide bonds. The fourth-order valence-corrected chi connectivity index (χ4v) is 3.33. The Morgan fingerprint density at radius 2 is 1.67 bits per heavy atom. The third-order valence-corrected chi connectivity index (χ3v) is 4.46. The Morgan fingerprint density at radius 3 is 2.24 bits per heavy atom. The minimum atomic E-state index is -3.20. The summed E-state index contributed by atoms with van der Waals surface area (Å²) in [5.41, 5.74) is 4.65. The lowest BCUT2D eigenvalue weighted by atomic mass is 10.2. The van der Waals surface area contributed by atoms with E-state index in [4.69, 9.17) is 0 Å². The van der Waals surface area contributed by atoms with Crippen LogP contribution >= 0.6 is 0 Å². The molecule has 0 saturated carbocycles. The highest BCUT2D eigenvalue weighted by Gasteiger charge is 2.11. The van der Waals surface area contributed by atoms with Crippen LogP contribution in [0, 0.1) is 20.8 Å². The summed E-state index contributed by atoms with van der Waals surface area (Å²) in [6.07, 6.45) is 1.23. The largest absolute Gasteiger partial charge is 0.381 e. The Labute approximate surface area is 126 Å². The van der Waals surface area contributed by atoms with Crippen LogP contribution in [0.5, 0.6) is 0 Å². The van der Waals surface area contributed by atoms with Crippen molar-refractivity contribution in [3.05, 3.63) is 52.8 Å². The summed E-state index contributed by atoms with van der Waals surface area (Å²) in [5, 5.41) is 3.26. The van der Waals surface area contributed by atoms with Gasteiger partial charge >= 0.3 is 0 Å². The van der Waals surface area contributed by atoms with Crippen molar-refractivity contribution in [2.75, 3.05) is 11.6 Å². The summed E-state index contributed by atoms with van der Waals surface area (Å²) < 4.78 is 23.5. The standard InChI is InChI=1S/C16H20N2O2S/c1-11-5-6-15(9-16(11)21(4,19)20)17-10-14-7-12(2)18-13(3)8-14/h5-9,17H,10H2,1-4H3. The van der Waals surface area contributed by atoms with E-state index < -0.39 is 9.84 Å². The molecule has 1 N–H and O–H groups in total. The topological polar surface area (TPSA) is 59.1 Å². The van der Waals surface area contributed by atoms with Crippen molar-refractivity contribution in [2.24, 2.45) is 0 Å². The molecule has 0 aliphatic rings. The van der Waals surface area contributed by atoms with E-state index >= 15 is 0 Å². The quantitative estimate of drug-likeness (QED) is 0.943. The molecule has 0 spiro atoms. The second kappa shape index (κ2) is 5.85. The van der Waals surface area contributed by atoms with Gasteiger partial charge in [0.15, 0.2) is 9.84 Å². The van der Waals surface area contributed by atoms with Crippen LogP contribution in [0.25, 0.3) is 0 Å². The Morgan fingerprint density at radius 1 is 1.05 bits per heavy atom. The van der Waals surface area contributed by atoms with Crippen LogP contribution in [0.3, 0.4) is 0 Å². The van der Waals surface area contributed by atoms with Gasteiger partial charge in [-0.2, -0.15) is 0 Å². The zero-order valence-electron chi connectivity index (χ0n) is 12.8. The van der Waals surface area contributed by atoms with Crippen molar-refractivity contribution in [3.8, 4) is 0 Å². The molecule has 5 heteroatoms. The minimum absolute atomic E-state index is 0.370. The smallest absolute Gasteiger partial charge is 0.175 e. The average molecular weight is 304 g/mol. The SMILES string of the molecule is Cc1cc(CNc2ccc(C)c(S(C)(=O)=O)c2)cc(C)n1. The summed E-state index contributed by atoms with van der Waals surface area (Å²) in [6.45, 7) is 6.36. The number of nitrogens with one attached hydrogen (secondary N) is 1. The molecule has 0 fully saturated rings. The normalized spacial score (nSPS) is 11.4. The summed E-state index contributed by atoms with van der Waals surface area (Å²) >= 11 is 0. The number of aromatic nitrogens is 1. The molecule has 4 nitrogen and oxygen atoms in total. The van der Waals surface area contributed by atoms with E-state index in [1.807, 2.05) is 38.1 Å². The molecule has 2 aromatic rings. The van der Waals surface area contributed by atoms with E-state index in [0.717, 1.165) is 28.2 Å². The van der Waals surface area contributed by atoms with Crippen molar-refractivity contribution in [1.29, 1.82) is 0 Å². The van der Waals surface area contributed by atoms with Gasteiger partial charge in [0.1, 0.15) is 0 Å². The summed E-state index contributed by atoms with van der Waals surface area (Å²) in [5.74, 6) is 0. The van der Waals surface area contributed by atoms with Gasteiger partial charge in [-0.1, -0.05) is 6.07 Å². The number of aryl methyl sites for hydroxylation is 3. The molecule has 0 bridgehead atoms. The maximum atomic E-state index is 11.7. The van der Waals surface area contributed by atoms with Crippen LogP contribution in [0.15, 0.2) is 35.2 Å². The Kier molecular flexibility index (Phi) is 4.32. The number of rotatable bonds is 4. The van der Waals surface area contributed by atoms with Crippen molar-refractivity contribution in [2.45, 2.75) is 32.2 Å². The first-order valence-corrected chi connectivity index (χ1v) is 8.63. The lowest BCUT2D eigenvalue weighted by Gasteiger charge is -2.11. The van der Waals surface area contributed by atoms with Crippen LogP contribution in [-0.4, -0.2) is 19.7 Å². The van der Waals surface area contributed by atoms with E-state index in [1.54, 1.807) is 13.0 Å². The molecule has 0 atom stereocenters. The zero-order chi connectivity index (χ0) is 15.6. The maximum absolute atomic E-state index is 11.7. The number of hydrogen-bond donors (Lipinski definition) is 1. The second-order valence-corrected chi connectivity index (χ2v) is 7.35. The van der Waals surface area contributed by atoms with Gasteiger partial charge in [-0.3, -0.25) is 4.98 Å². The molecule has 0 radical (unpaired) electrons. The minimum Gasteiger partial charge on any atom is -0.381 e. The van der Waals surface area contributed by atoms with E-state index in [1.165, 1.54) is 6.26 Å². The summed E-state index contributed by atoms with van der Waals surface area (Å²) in [4.78, 5) is 4.71. The predicted molar refractivity (Wildman–Crippen MR) is 85.3 cm³/mol. The fraction of sp³-hybridized carbons (Fsp3) is 0.312. The van der Waals surface area contributed by atoms with E-state index in [-0.39, 0.29) is 0 Å². The molecule has 1 aromatic heterocycles. The first-order valence-electron chi connectivity index (χ1n) is 6.74. The first kappa shape index (κ1) is 15.5. The van der Waals surface area contributed by atoms with E-state index in [9.17, 15) is 8.42 Å². The highest BCUT2D eigenvalue weighted by atomic mass is 32.2. The molecule has 0 saturated heterocycles. The molecule has 0 aliphatic carbocycles. The fourth-order valence-electron chi connectivity index (χ4n) is 2.34. The van der Waals surface area contributed by atoms with Gasteiger partial charge in [0.2, 0.25) is 0 Å². The number of benzene rings is 1. The average Bonchev–Trinajstić information content (AvgIpc) is 2.35. The van der Waals surface area contributed by atoms with Crippen molar-refractivity contribution < 1.29 is 8.42 Å². The van der Waals surface area contributed by atoms with Gasteiger partial charge < -0.3 is 5.32 Å². The molecule has 1 aromatic carbocycles. The van der Waals surface area contributed by atoms with Crippen molar-refractivity contribution >= 4 is 15.5 Å². The van der Waals surface area contributed by atoms with Crippen LogP contribution in [0.4, 0.5) is 5.69 Å². The lowest BCUT2D eigenvalue weighted by molar-refractivity contribution is 0.601. The van der Waals surface area contributed by atoms with Gasteiger partial charge in [-0.05, 0) is 56.2 Å². The number of sulfone groups is 1. The van der Waals surface area contributed by atoms with Crippen LogP contribution in [-0.2, 0) is 16.4 Å². The first-order chi connectivity index (χ1) is 9.75. The van der Waals surface area contributed by atoms with Gasteiger partial charge in [0.25, 0.3) is 0 Å². The monoisotopic (exact) mass is 304 g/mol. The molecule has 0 unspecified atom stereocenters. The van der Waals surface area contributed by atoms with E-state index in [2.05, 4.69) is 10.3 Å². The number of nitrogens with zero attached hydrogens (tertiary/aromatic N) is 1. The number of anilines is 1. The van der Waals surface area contributed by atoms with Crippen LogP contribution < -0.4 is 5.32 Å². The zero-order valence-corrected chi connectivity index (χ0v) is 13.6. The summed E-state index contributed by atoms with van der Waals surface area (Å²) in [7, 11) is -3.20. The molecule has 0 aliphatic heterocycles. The maximum Gasteiger partial charge on any atom is 0.175 e. The van der Waals surface area contributed by atoms with Gasteiger partial charge in [0.05, 0.1) is 4.90 Å². The Balaban J connectivity index is 2.21. The van der Waals surface area contributed by atoms with E-state index in [0.29, 0.717) is 11.4 Å². The van der Waals surface area contributed by atoms with Crippen LogP contribution in [0.1, 0.15) is 22.5 Å². The molecule has 2 rings (SSSR count). The molecular weight excluding hydrogens is 284 g/mol. The molecule has 21 heavy (non-hydrogen) atoms. The molecule has 1 heterocycles. The number of pyridine rings is 1. The van der Waals surface area contributed by atoms with Gasteiger partial charge in [-0.15, -0.1) is 0 Å². The highest BCUT2D eigenvalue weighted by Crippen LogP contribution is 2.20.